The van der Waals surface area contributed by atoms with Gasteiger partial charge in [-0.1, -0.05) is 0 Å². The van der Waals surface area contributed by atoms with Crippen molar-refractivity contribution >= 4 is 23.6 Å². The van der Waals surface area contributed by atoms with Crippen molar-refractivity contribution in [3.8, 4) is 0 Å². The first kappa shape index (κ1) is 20.6. The molecule has 1 saturated heterocycles. The fraction of sp³-hybridized carbons (Fsp3) is 0.364. The summed E-state index contributed by atoms with van der Waals surface area (Å²) in [6, 6.07) is 4.39. The molecule has 2 aliphatic rings. The van der Waals surface area contributed by atoms with Crippen LogP contribution >= 0.6 is 0 Å². The highest BCUT2D eigenvalue weighted by molar-refractivity contribution is 6.22. The molecule has 0 aliphatic carbocycles. The first-order chi connectivity index (χ1) is 14.9. The van der Waals surface area contributed by atoms with Gasteiger partial charge < -0.3 is 9.80 Å². The van der Waals surface area contributed by atoms with Crippen molar-refractivity contribution in [2.45, 2.75) is 26.3 Å². The molecule has 0 radical (unpaired) electrons. The van der Waals surface area contributed by atoms with Gasteiger partial charge in [0.05, 0.1) is 17.3 Å². The van der Waals surface area contributed by atoms with Gasteiger partial charge in [0.15, 0.2) is 0 Å². The molecule has 2 aromatic rings. The molecular formula is C22H23N5O4. The quantitative estimate of drug-likeness (QED) is 0.695. The van der Waals surface area contributed by atoms with E-state index in [-0.39, 0.29) is 40.9 Å². The topological polar surface area (TPSA) is 104 Å². The Morgan fingerprint density at radius 2 is 1.58 bits per heavy atom. The van der Waals surface area contributed by atoms with Gasteiger partial charge in [-0.2, -0.15) is 0 Å². The maximum Gasteiger partial charge on any atom is 0.274 e. The van der Waals surface area contributed by atoms with Crippen LogP contribution in [-0.2, 0) is 0 Å². The van der Waals surface area contributed by atoms with Crippen LogP contribution in [0.2, 0.25) is 0 Å². The van der Waals surface area contributed by atoms with Crippen molar-refractivity contribution in [1.82, 2.24) is 24.7 Å². The third kappa shape index (κ3) is 3.78. The van der Waals surface area contributed by atoms with Crippen LogP contribution < -0.4 is 0 Å². The van der Waals surface area contributed by atoms with Crippen LogP contribution in [0.15, 0.2) is 36.8 Å². The van der Waals surface area contributed by atoms with Crippen LogP contribution in [0.5, 0.6) is 0 Å². The van der Waals surface area contributed by atoms with Gasteiger partial charge in [0.2, 0.25) is 0 Å². The number of imide groups is 1. The summed E-state index contributed by atoms with van der Waals surface area (Å²) >= 11 is 0. The minimum Gasteiger partial charge on any atom is -0.337 e. The van der Waals surface area contributed by atoms with E-state index in [1.54, 1.807) is 35.8 Å². The number of aromatic nitrogens is 2. The molecule has 2 aliphatic heterocycles. The van der Waals surface area contributed by atoms with Crippen molar-refractivity contribution in [3.05, 3.63) is 59.2 Å². The lowest BCUT2D eigenvalue weighted by molar-refractivity contribution is 0.0608. The molecule has 1 fully saturated rings. The van der Waals surface area contributed by atoms with Crippen LogP contribution in [0, 0.1) is 0 Å². The van der Waals surface area contributed by atoms with E-state index >= 15 is 0 Å². The Morgan fingerprint density at radius 1 is 0.903 bits per heavy atom. The van der Waals surface area contributed by atoms with Crippen molar-refractivity contribution in [2.24, 2.45) is 0 Å². The van der Waals surface area contributed by atoms with Gasteiger partial charge in [0, 0.05) is 50.2 Å². The van der Waals surface area contributed by atoms with Crippen LogP contribution in [0.1, 0.15) is 61.8 Å². The minimum absolute atomic E-state index is 0.210. The molecule has 0 atom stereocenters. The number of hydrogen-bond acceptors (Lipinski definition) is 6. The number of benzene rings is 1. The number of carbonyl (C=O) groups is 4. The summed E-state index contributed by atoms with van der Waals surface area (Å²) in [6.07, 6.45) is 5.04. The van der Waals surface area contributed by atoms with Crippen LogP contribution in [0.4, 0.5) is 0 Å². The standard InChI is InChI=1S/C22H23N5O4/c1-14(2)27-20(29)16-5-4-15(12-17(16)21(27)30)19(28)25-8-3-9-26(11-10-25)22(31)18-13-23-6-7-24-18/h4-7,12-14H,3,8-11H2,1-2H3. The smallest absolute Gasteiger partial charge is 0.274 e. The number of nitrogens with zero attached hydrogens (tertiary/aromatic N) is 5. The molecule has 4 amide bonds. The average Bonchev–Trinajstić information content (AvgIpc) is 2.93. The molecule has 0 N–H and O–H groups in total. The van der Waals surface area contributed by atoms with E-state index in [2.05, 4.69) is 9.97 Å². The number of rotatable bonds is 3. The molecule has 4 rings (SSSR count). The van der Waals surface area contributed by atoms with Gasteiger partial charge >= 0.3 is 0 Å². The maximum atomic E-state index is 13.1. The normalized spacial score (nSPS) is 16.5. The third-order valence-electron chi connectivity index (χ3n) is 5.53. The summed E-state index contributed by atoms with van der Waals surface area (Å²) in [6.45, 7) is 5.31. The summed E-state index contributed by atoms with van der Waals surface area (Å²) in [5.74, 6) is -1.14. The lowest BCUT2D eigenvalue weighted by Crippen LogP contribution is -2.37. The Bertz CT molecular complexity index is 1050. The van der Waals surface area contributed by atoms with Crippen molar-refractivity contribution in [3.63, 3.8) is 0 Å². The van der Waals surface area contributed by atoms with Gasteiger partial charge in [-0.3, -0.25) is 29.1 Å². The molecule has 160 valence electrons. The first-order valence-electron chi connectivity index (χ1n) is 10.2. The van der Waals surface area contributed by atoms with Gasteiger partial charge in [-0.05, 0) is 38.5 Å². The molecule has 0 unspecified atom stereocenters. The van der Waals surface area contributed by atoms with E-state index in [1.165, 1.54) is 29.6 Å². The second-order valence-electron chi connectivity index (χ2n) is 7.86. The van der Waals surface area contributed by atoms with Crippen LogP contribution in [0.3, 0.4) is 0 Å². The average molecular weight is 421 g/mol. The molecular weight excluding hydrogens is 398 g/mol. The monoisotopic (exact) mass is 421 g/mol. The Labute approximate surface area is 179 Å². The van der Waals surface area contributed by atoms with Crippen molar-refractivity contribution < 1.29 is 19.2 Å². The Kier molecular flexibility index (Phi) is 5.50. The Balaban J connectivity index is 1.48. The summed E-state index contributed by atoms with van der Waals surface area (Å²) in [5, 5.41) is 0. The van der Waals surface area contributed by atoms with E-state index in [1.807, 2.05) is 0 Å². The summed E-state index contributed by atoms with van der Waals surface area (Å²) in [4.78, 5) is 63.3. The fourth-order valence-corrected chi connectivity index (χ4v) is 3.94. The van der Waals surface area contributed by atoms with Crippen molar-refractivity contribution in [2.75, 3.05) is 26.2 Å². The zero-order valence-electron chi connectivity index (χ0n) is 17.4. The predicted molar refractivity (Wildman–Crippen MR) is 111 cm³/mol. The highest BCUT2D eigenvalue weighted by Crippen LogP contribution is 2.26. The fourth-order valence-electron chi connectivity index (χ4n) is 3.94. The van der Waals surface area contributed by atoms with Crippen LogP contribution in [-0.4, -0.2) is 80.5 Å². The molecule has 3 heterocycles. The number of fused-ring (bicyclic) bond motifs is 1. The minimum atomic E-state index is -0.374. The lowest BCUT2D eigenvalue weighted by Gasteiger charge is -2.22. The second-order valence-corrected chi connectivity index (χ2v) is 7.86. The number of amides is 4. The number of hydrogen-bond donors (Lipinski definition) is 0. The van der Waals surface area contributed by atoms with E-state index in [0.717, 1.165) is 0 Å². The third-order valence-corrected chi connectivity index (χ3v) is 5.53. The highest BCUT2D eigenvalue weighted by atomic mass is 16.2. The van der Waals surface area contributed by atoms with Gasteiger partial charge in [-0.15, -0.1) is 0 Å². The van der Waals surface area contributed by atoms with Crippen LogP contribution in [0.25, 0.3) is 0 Å². The SMILES string of the molecule is CC(C)N1C(=O)c2ccc(C(=O)N3CCCN(C(=O)c4cnccn4)CC3)cc2C1=O. The van der Waals surface area contributed by atoms with E-state index < -0.39 is 0 Å². The largest absolute Gasteiger partial charge is 0.337 e. The molecule has 31 heavy (non-hydrogen) atoms. The van der Waals surface area contributed by atoms with Gasteiger partial charge in [0.25, 0.3) is 23.6 Å². The summed E-state index contributed by atoms with van der Waals surface area (Å²) < 4.78 is 0. The van der Waals surface area contributed by atoms with Crippen molar-refractivity contribution in [1.29, 1.82) is 0 Å². The zero-order chi connectivity index (χ0) is 22.1. The second kappa shape index (κ2) is 8.25. The Hall–Kier alpha value is -3.62. The lowest BCUT2D eigenvalue weighted by atomic mass is 10.0. The molecule has 0 bridgehead atoms. The van der Waals surface area contributed by atoms with Gasteiger partial charge in [0.1, 0.15) is 5.69 Å². The van der Waals surface area contributed by atoms with E-state index in [4.69, 9.17) is 0 Å². The molecule has 1 aromatic carbocycles. The van der Waals surface area contributed by atoms with Gasteiger partial charge in [-0.25, -0.2) is 4.98 Å². The zero-order valence-corrected chi connectivity index (χ0v) is 17.4. The Morgan fingerprint density at radius 3 is 2.23 bits per heavy atom. The molecule has 9 heteroatoms. The summed E-state index contributed by atoms with van der Waals surface area (Å²) in [5.41, 5.74) is 1.23. The maximum absolute atomic E-state index is 13.1. The number of carbonyl (C=O) groups excluding carboxylic acids is 4. The van der Waals surface area contributed by atoms with E-state index in [0.29, 0.717) is 43.7 Å². The molecule has 0 spiro atoms. The summed E-state index contributed by atoms with van der Waals surface area (Å²) in [7, 11) is 0. The predicted octanol–water partition coefficient (Wildman–Crippen LogP) is 1.47. The highest BCUT2D eigenvalue weighted by Gasteiger charge is 2.37. The molecule has 9 nitrogen and oxygen atoms in total. The first-order valence-corrected chi connectivity index (χ1v) is 10.2. The molecule has 1 aromatic heterocycles. The van der Waals surface area contributed by atoms with E-state index in [9.17, 15) is 19.2 Å². The molecule has 0 saturated carbocycles.